The molecule has 0 aliphatic carbocycles. The lowest BCUT2D eigenvalue weighted by molar-refractivity contribution is -0.111. The Morgan fingerprint density at radius 3 is 2.44 bits per heavy atom. The predicted octanol–water partition coefficient (Wildman–Crippen LogP) is 4.03. The summed E-state index contributed by atoms with van der Waals surface area (Å²) in [6.45, 7) is 1.89. The Morgan fingerprint density at radius 2 is 1.72 bits per heavy atom. The van der Waals surface area contributed by atoms with E-state index in [1.165, 1.54) is 31.4 Å². The van der Waals surface area contributed by atoms with E-state index in [2.05, 4.69) is 16.6 Å². The first-order chi connectivity index (χ1) is 15.4. The zero-order valence-electron chi connectivity index (χ0n) is 17.8. The standard InChI is InChI=1S/C26H22N2O4/c1-4-13-27-25(30)21-11-12-22(26(31)32-3)23(16-21)28-24(29)14-17(2)19-10-9-18-7-5-6-8-20(18)15-19/h1,5-12,14-16H,13H2,2-3H3,(H,27,30)(H,28,29)/b17-14-. The molecule has 0 radical (unpaired) electrons. The number of hydrogen-bond donors (Lipinski definition) is 2. The van der Waals surface area contributed by atoms with Crippen molar-refractivity contribution in [3.8, 4) is 12.3 Å². The molecular formula is C26H22N2O4. The van der Waals surface area contributed by atoms with Crippen molar-refractivity contribution >= 4 is 39.8 Å². The predicted molar refractivity (Wildman–Crippen MR) is 125 cm³/mol. The van der Waals surface area contributed by atoms with Crippen molar-refractivity contribution in [1.29, 1.82) is 0 Å². The summed E-state index contributed by atoms with van der Waals surface area (Å²) in [4.78, 5) is 37.0. The molecule has 0 bridgehead atoms. The Bertz CT molecular complexity index is 1270. The molecule has 3 rings (SSSR count). The van der Waals surface area contributed by atoms with E-state index in [0.29, 0.717) is 0 Å². The van der Waals surface area contributed by atoms with Crippen LogP contribution in [0.2, 0.25) is 0 Å². The van der Waals surface area contributed by atoms with Gasteiger partial charge in [-0.05, 0) is 53.1 Å². The van der Waals surface area contributed by atoms with Crippen LogP contribution in [-0.4, -0.2) is 31.4 Å². The topological polar surface area (TPSA) is 84.5 Å². The van der Waals surface area contributed by atoms with E-state index >= 15 is 0 Å². The number of rotatable bonds is 6. The van der Waals surface area contributed by atoms with Gasteiger partial charge < -0.3 is 15.4 Å². The van der Waals surface area contributed by atoms with E-state index in [1.54, 1.807) is 0 Å². The van der Waals surface area contributed by atoms with Gasteiger partial charge in [-0.2, -0.15) is 0 Å². The van der Waals surface area contributed by atoms with E-state index in [0.717, 1.165) is 21.9 Å². The molecule has 0 spiro atoms. The summed E-state index contributed by atoms with van der Waals surface area (Å²) in [6.07, 6.45) is 6.61. The van der Waals surface area contributed by atoms with Crippen molar-refractivity contribution in [3.63, 3.8) is 0 Å². The molecule has 3 aromatic carbocycles. The van der Waals surface area contributed by atoms with Crippen LogP contribution in [0.3, 0.4) is 0 Å². The third kappa shape index (κ3) is 5.21. The largest absolute Gasteiger partial charge is 0.465 e. The zero-order valence-corrected chi connectivity index (χ0v) is 17.8. The summed E-state index contributed by atoms with van der Waals surface area (Å²) in [5.41, 5.74) is 2.19. The van der Waals surface area contributed by atoms with Crippen molar-refractivity contribution in [2.75, 3.05) is 19.0 Å². The number of carbonyl (C=O) groups excluding carboxylic acids is 3. The van der Waals surface area contributed by atoms with Crippen molar-refractivity contribution < 1.29 is 19.1 Å². The van der Waals surface area contributed by atoms with Crippen LogP contribution in [0.15, 0.2) is 66.7 Å². The van der Waals surface area contributed by atoms with Crippen LogP contribution in [0, 0.1) is 12.3 Å². The van der Waals surface area contributed by atoms with Crippen LogP contribution in [-0.2, 0) is 9.53 Å². The van der Waals surface area contributed by atoms with Crippen LogP contribution in [0.4, 0.5) is 5.69 Å². The molecule has 0 saturated heterocycles. The Labute approximate surface area is 186 Å². The second-order valence-corrected chi connectivity index (χ2v) is 7.02. The highest BCUT2D eigenvalue weighted by Crippen LogP contribution is 2.22. The van der Waals surface area contributed by atoms with Crippen LogP contribution >= 0.6 is 0 Å². The van der Waals surface area contributed by atoms with Gasteiger partial charge in [-0.3, -0.25) is 9.59 Å². The number of benzene rings is 3. The first-order valence-corrected chi connectivity index (χ1v) is 9.85. The van der Waals surface area contributed by atoms with Crippen molar-refractivity contribution in [2.24, 2.45) is 0 Å². The van der Waals surface area contributed by atoms with Crippen LogP contribution in [0.1, 0.15) is 33.2 Å². The highest BCUT2D eigenvalue weighted by atomic mass is 16.5. The number of carbonyl (C=O) groups is 3. The number of ether oxygens (including phenoxy) is 1. The molecule has 32 heavy (non-hydrogen) atoms. The van der Waals surface area contributed by atoms with Gasteiger partial charge in [0.1, 0.15) is 0 Å². The number of esters is 1. The normalized spacial score (nSPS) is 10.8. The van der Waals surface area contributed by atoms with Crippen LogP contribution in [0.5, 0.6) is 0 Å². The molecule has 0 atom stereocenters. The smallest absolute Gasteiger partial charge is 0.339 e. The van der Waals surface area contributed by atoms with Gasteiger partial charge in [0.25, 0.3) is 5.91 Å². The van der Waals surface area contributed by atoms with Crippen LogP contribution < -0.4 is 10.6 Å². The zero-order chi connectivity index (χ0) is 23.1. The number of fused-ring (bicyclic) bond motifs is 1. The number of anilines is 1. The summed E-state index contributed by atoms with van der Waals surface area (Å²) >= 11 is 0. The molecule has 0 aliphatic rings. The first-order valence-electron chi connectivity index (χ1n) is 9.85. The number of methoxy groups -OCH3 is 1. The third-order valence-electron chi connectivity index (χ3n) is 4.85. The molecule has 0 aromatic heterocycles. The minimum atomic E-state index is -0.633. The minimum absolute atomic E-state index is 0.0625. The highest BCUT2D eigenvalue weighted by molar-refractivity contribution is 6.09. The Hall–Kier alpha value is -4.37. The fourth-order valence-corrected chi connectivity index (χ4v) is 3.19. The van der Waals surface area contributed by atoms with E-state index in [1.807, 2.05) is 49.4 Å². The fraction of sp³-hybridized carbons (Fsp3) is 0.115. The molecule has 0 aliphatic heterocycles. The molecule has 6 nitrogen and oxygen atoms in total. The average molecular weight is 426 g/mol. The lowest BCUT2D eigenvalue weighted by Crippen LogP contribution is -2.24. The van der Waals surface area contributed by atoms with Gasteiger partial charge in [0.15, 0.2) is 0 Å². The number of allylic oxidation sites excluding steroid dienone is 1. The highest BCUT2D eigenvalue weighted by Gasteiger charge is 2.16. The third-order valence-corrected chi connectivity index (χ3v) is 4.85. The Kier molecular flexibility index (Phi) is 7.04. The van der Waals surface area contributed by atoms with E-state index < -0.39 is 17.8 Å². The van der Waals surface area contributed by atoms with Gasteiger partial charge >= 0.3 is 5.97 Å². The SMILES string of the molecule is C#CCNC(=O)c1ccc(C(=O)OC)c(NC(=O)/C=C(/C)c2ccc3ccccc3c2)c1. The number of amides is 2. The molecule has 0 unspecified atom stereocenters. The summed E-state index contributed by atoms with van der Waals surface area (Å²) in [6, 6.07) is 18.2. The molecule has 0 fully saturated rings. The van der Waals surface area contributed by atoms with Crippen molar-refractivity contribution in [1.82, 2.24) is 5.32 Å². The van der Waals surface area contributed by atoms with Gasteiger partial charge in [-0.1, -0.05) is 42.3 Å². The number of nitrogens with one attached hydrogen (secondary N) is 2. The molecule has 0 heterocycles. The summed E-state index contributed by atoms with van der Waals surface area (Å²) in [7, 11) is 1.24. The van der Waals surface area contributed by atoms with Crippen molar-refractivity contribution in [3.05, 3.63) is 83.4 Å². The maximum absolute atomic E-state index is 12.7. The second-order valence-electron chi connectivity index (χ2n) is 7.02. The molecule has 160 valence electrons. The number of terminal acetylenes is 1. The maximum Gasteiger partial charge on any atom is 0.339 e. The van der Waals surface area contributed by atoms with Gasteiger partial charge in [-0.15, -0.1) is 6.42 Å². The van der Waals surface area contributed by atoms with Crippen molar-refractivity contribution in [2.45, 2.75) is 6.92 Å². The second kappa shape index (κ2) is 10.1. The minimum Gasteiger partial charge on any atom is -0.465 e. The fourth-order valence-electron chi connectivity index (χ4n) is 3.19. The molecule has 2 amide bonds. The molecular weight excluding hydrogens is 404 g/mol. The summed E-state index contributed by atoms with van der Waals surface area (Å²) in [5, 5.41) is 7.40. The maximum atomic E-state index is 12.7. The van der Waals surface area contributed by atoms with E-state index in [9.17, 15) is 14.4 Å². The Balaban J connectivity index is 1.87. The lowest BCUT2D eigenvalue weighted by atomic mass is 10.0. The first kappa shape index (κ1) is 22.3. The molecule has 0 saturated carbocycles. The molecule has 6 heteroatoms. The average Bonchev–Trinajstić information content (AvgIpc) is 2.81. The Morgan fingerprint density at radius 1 is 1.00 bits per heavy atom. The van der Waals surface area contributed by atoms with Gasteiger partial charge in [0.05, 0.1) is 24.9 Å². The van der Waals surface area contributed by atoms with Gasteiger partial charge in [0, 0.05) is 11.6 Å². The van der Waals surface area contributed by atoms with E-state index in [4.69, 9.17) is 11.2 Å². The summed E-state index contributed by atoms with van der Waals surface area (Å²) in [5.74, 6) is 0.824. The van der Waals surface area contributed by atoms with Gasteiger partial charge in [-0.25, -0.2) is 4.79 Å². The molecule has 3 aromatic rings. The lowest BCUT2D eigenvalue weighted by Gasteiger charge is -2.11. The van der Waals surface area contributed by atoms with E-state index in [-0.39, 0.29) is 23.4 Å². The quantitative estimate of drug-likeness (QED) is 0.354. The molecule has 2 N–H and O–H groups in total. The number of hydrogen-bond acceptors (Lipinski definition) is 4. The van der Waals surface area contributed by atoms with Gasteiger partial charge in [0.2, 0.25) is 5.91 Å². The van der Waals surface area contributed by atoms with Crippen LogP contribution in [0.25, 0.3) is 16.3 Å². The monoisotopic (exact) mass is 426 g/mol. The summed E-state index contributed by atoms with van der Waals surface area (Å²) < 4.78 is 4.78.